The van der Waals surface area contributed by atoms with Crippen molar-refractivity contribution in [3.05, 3.63) is 103 Å². The first-order valence-electron chi connectivity index (χ1n) is 15.6. The third-order valence-corrected chi connectivity index (χ3v) is 13.9. The fourth-order valence-corrected chi connectivity index (χ4v) is 11.4. The standard InChI is InChI=1S/C37H49IO5Si/c1-28(43-44(36(2,3)4,31-16-10-8-11-17-31)32-18-12-9-13-19-32)15-14-20-33(35-34(25-26-38)41-37(5,6)42-35)40-27-29-21-23-30(39-7)24-22-29/h8-14,16-24,28,33-35H,15,25-27H2,1-7H3/b20-14-/t28-,33?,34-,35+/m0/s1. The van der Waals surface area contributed by atoms with E-state index in [-0.39, 0.29) is 29.5 Å². The molecule has 5 nitrogen and oxygen atoms in total. The average molecular weight is 729 g/mol. The monoisotopic (exact) mass is 728 g/mol. The minimum Gasteiger partial charge on any atom is -0.497 e. The van der Waals surface area contributed by atoms with Gasteiger partial charge in [-0.05, 0) is 66.7 Å². The summed E-state index contributed by atoms with van der Waals surface area (Å²) < 4.78 is 33.0. The minimum absolute atomic E-state index is 0.0119. The highest BCUT2D eigenvalue weighted by molar-refractivity contribution is 14.1. The van der Waals surface area contributed by atoms with E-state index in [0.29, 0.717) is 6.61 Å². The van der Waals surface area contributed by atoms with E-state index in [2.05, 4.69) is 123 Å². The van der Waals surface area contributed by atoms with Crippen LogP contribution in [0.5, 0.6) is 5.75 Å². The SMILES string of the molecule is COc1ccc(COC(/C=C\C[C@H](C)O[Si](c2ccccc2)(c2ccccc2)C(C)(C)C)[C@H]2OC(C)(C)O[C@H]2CCI)cc1. The van der Waals surface area contributed by atoms with Crippen molar-refractivity contribution in [1.29, 1.82) is 0 Å². The maximum atomic E-state index is 7.30. The predicted molar refractivity (Wildman–Crippen MR) is 191 cm³/mol. The molecule has 0 saturated carbocycles. The van der Waals surface area contributed by atoms with Crippen molar-refractivity contribution in [3.63, 3.8) is 0 Å². The van der Waals surface area contributed by atoms with Crippen LogP contribution in [0.3, 0.4) is 0 Å². The maximum absolute atomic E-state index is 7.30. The van der Waals surface area contributed by atoms with Gasteiger partial charge in [0.2, 0.25) is 0 Å². The molecule has 1 heterocycles. The van der Waals surface area contributed by atoms with Crippen molar-refractivity contribution < 1.29 is 23.4 Å². The van der Waals surface area contributed by atoms with E-state index in [1.165, 1.54) is 10.4 Å². The van der Waals surface area contributed by atoms with Crippen molar-refractivity contribution in [2.75, 3.05) is 11.5 Å². The Morgan fingerprint density at radius 2 is 1.50 bits per heavy atom. The molecule has 3 aromatic rings. The summed E-state index contributed by atoms with van der Waals surface area (Å²) in [5.41, 5.74) is 1.08. The first-order chi connectivity index (χ1) is 21.0. The van der Waals surface area contributed by atoms with Gasteiger partial charge in [-0.25, -0.2) is 0 Å². The molecule has 0 amide bonds. The Balaban J connectivity index is 1.57. The molecule has 0 aromatic heterocycles. The molecular weight excluding hydrogens is 679 g/mol. The summed E-state index contributed by atoms with van der Waals surface area (Å²) in [6, 6.07) is 29.6. The van der Waals surface area contributed by atoms with Crippen LogP contribution in [0.25, 0.3) is 0 Å². The molecule has 7 heteroatoms. The van der Waals surface area contributed by atoms with Crippen LogP contribution >= 0.6 is 22.6 Å². The normalized spacial score (nSPS) is 20.1. The molecule has 1 saturated heterocycles. The van der Waals surface area contributed by atoms with Gasteiger partial charge in [0.25, 0.3) is 8.32 Å². The molecule has 1 aliphatic rings. The van der Waals surface area contributed by atoms with Crippen LogP contribution in [0.4, 0.5) is 0 Å². The number of rotatable bonds is 14. The second-order valence-corrected chi connectivity index (χ2v) is 18.3. The van der Waals surface area contributed by atoms with Gasteiger partial charge in [0.15, 0.2) is 5.79 Å². The lowest BCUT2D eigenvalue weighted by molar-refractivity contribution is -0.156. The zero-order chi connectivity index (χ0) is 31.8. The van der Waals surface area contributed by atoms with Gasteiger partial charge >= 0.3 is 0 Å². The van der Waals surface area contributed by atoms with Crippen LogP contribution in [0.1, 0.15) is 59.9 Å². The van der Waals surface area contributed by atoms with E-state index in [1.54, 1.807) is 7.11 Å². The largest absolute Gasteiger partial charge is 0.497 e. The van der Waals surface area contributed by atoms with Crippen molar-refractivity contribution in [2.24, 2.45) is 0 Å². The molecule has 44 heavy (non-hydrogen) atoms. The molecule has 1 aliphatic heterocycles. The summed E-state index contributed by atoms with van der Waals surface area (Å²) >= 11 is 2.41. The van der Waals surface area contributed by atoms with E-state index in [4.69, 9.17) is 23.4 Å². The van der Waals surface area contributed by atoms with Crippen molar-refractivity contribution in [2.45, 2.75) is 96.2 Å². The maximum Gasteiger partial charge on any atom is 0.261 e. The van der Waals surface area contributed by atoms with Crippen molar-refractivity contribution in [3.8, 4) is 5.75 Å². The van der Waals surface area contributed by atoms with E-state index < -0.39 is 14.1 Å². The number of halogens is 1. The molecule has 1 fully saturated rings. The number of ether oxygens (including phenoxy) is 4. The minimum atomic E-state index is -2.64. The summed E-state index contributed by atoms with van der Waals surface area (Å²) in [4.78, 5) is 0. The molecule has 4 rings (SSSR count). The summed E-state index contributed by atoms with van der Waals surface area (Å²) in [6.07, 6.45) is 5.48. The van der Waals surface area contributed by atoms with E-state index in [1.807, 2.05) is 38.1 Å². The molecule has 238 valence electrons. The van der Waals surface area contributed by atoms with Gasteiger partial charge < -0.3 is 23.4 Å². The van der Waals surface area contributed by atoms with Crippen molar-refractivity contribution in [1.82, 2.24) is 0 Å². The lowest BCUT2D eigenvalue weighted by Gasteiger charge is -2.44. The Bertz CT molecular complexity index is 1270. The first kappa shape index (κ1) is 34.9. The molecule has 1 unspecified atom stereocenters. The smallest absolute Gasteiger partial charge is 0.261 e. The fraction of sp³-hybridized carbons (Fsp3) is 0.459. The van der Waals surface area contributed by atoms with Crippen molar-refractivity contribution >= 4 is 41.3 Å². The second kappa shape index (κ2) is 15.5. The number of methoxy groups -OCH3 is 1. The fourth-order valence-electron chi connectivity index (χ4n) is 6.09. The molecule has 0 N–H and O–H groups in total. The molecule has 0 aliphatic carbocycles. The molecule has 0 radical (unpaired) electrons. The van der Waals surface area contributed by atoms with E-state index in [0.717, 1.165) is 28.6 Å². The van der Waals surface area contributed by atoms with Crippen LogP contribution in [0.2, 0.25) is 5.04 Å². The van der Waals surface area contributed by atoms with Crippen LogP contribution in [-0.4, -0.2) is 50.1 Å². The molecule has 0 spiro atoms. The summed E-state index contributed by atoms with van der Waals surface area (Å²) in [6.45, 7) is 13.6. The van der Waals surface area contributed by atoms with Crippen LogP contribution in [0.15, 0.2) is 97.1 Å². The summed E-state index contributed by atoms with van der Waals surface area (Å²) in [5.74, 6) is 0.174. The topological polar surface area (TPSA) is 46.2 Å². The van der Waals surface area contributed by atoms with Gasteiger partial charge in [0, 0.05) is 10.5 Å². The first-order valence-corrected chi connectivity index (χ1v) is 19.0. The Morgan fingerprint density at radius 1 is 0.909 bits per heavy atom. The van der Waals surface area contributed by atoms with Crippen LogP contribution in [-0.2, 0) is 25.2 Å². The summed E-state index contributed by atoms with van der Waals surface area (Å²) in [7, 11) is -0.966. The molecule has 3 aromatic carbocycles. The Labute approximate surface area is 279 Å². The lowest BCUT2D eigenvalue weighted by Crippen LogP contribution is -2.67. The number of alkyl halides is 1. The van der Waals surface area contributed by atoms with Gasteiger partial charge in [-0.15, -0.1) is 0 Å². The van der Waals surface area contributed by atoms with Gasteiger partial charge in [-0.1, -0.05) is 128 Å². The molecule has 0 bridgehead atoms. The molecular formula is C37H49IO5Si. The van der Waals surface area contributed by atoms with Gasteiger partial charge in [0.05, 0.1) is 19.8 Å². The Morgan fingerprint density at radius 3 is 2.02 bits per heavy atom. The highest BCUT2D eigenvalue weighted by atomic mass is 127. The Hall–Kier alpha value is -2.01. The number of benzene rings is 3. The van der Waals surface area contributed by atoms with Crippen LogP contribution < -0.4 is 15.1 Å². The quantitative estimate of drug-likeness (QED) is 0.0734. The van der Waals surface area contributed by atoms with Gasteiger partial charge in [-0.3, -0.25) is 0 Å². The van der Waals surface area contributed by atoms with Gasteiger partial charge in [-0.2, -0.15) is 0 Å². The van der Waals surface area contributed by atoms with E-state index in [9.17, 15) is 0 Å². The van der Waals surface area contributed by atoms with Crippen LogP contribution in [0, 0.1) is 0 Å². The molecule has 4 atom stereocenters. The second-order valence-electron chi connectivity index (χ2n) is 13.0. The zero-order valence-corrected chi connectivity index (χ0v) is 30.5. The summed E-state index contributed by atoms with van der Waals surface area (Å²) in [5, 5.41) is 2.50. The Kier molecular flexibility index (Phi) is 12.3. The highest BCUT2D eigenvalue weighted by Crippen LogP contribution is 2.38. The predicted octanol–water partition coefficient (Wildman–Crippen LogP) is 7.84. The third kappa shape index (κ3) is 8.62. The third-order valence-electron chi connectivity index (χ3n) is 8.13. The van der Waals surface area contributed by atoms with Gasteiger partial charge in [0.1, 0.15) is 18.0 Å². The van der Waals surface area contributed by atoms with E-state index >= 15 is 0 Å². The average Bonchev–Trinajstić information content (AvgIpc) is 3.31. The highest BCUT2D eigenvalue weighted by Gasteiger charge is 2.51. The number of hydrogen-bond donors (Lipinski definition) is 0. The lowest BCUT2D eigenvalue weighted by atomic mass is 10.0. The number of hydrogen-bond acceptors (Lipinski definition) is 5. The zero-order valence-electron chi connectivity index (χ0n) is 27.3.